The summed E-state index contributed by atoms with van der Waals surface area (Å²) in [5, 5.41) is 13.5. The average Bonchev–Trinajstić information content (AvgIpc) is 2.70. The predicted molar refractivity (Wildman–Crippen MR) is 113 cm³/mol. The highest BCUT2D eigenvalue weighted by molar-refractivity contribution is 5.78. The van der Waals surface area contributed by atoms with Gasteiger partial charge in [-0.05, 0) is 62.8 Å². The summed E-state index contributed by atoms with van der Waals surface area (Å²) in [6, 6.07) is 12.8. The highest BCUT2D eigenvalue weighted by Gasteiger charge is 2.28. The van der Waals surface area contributed by atoms with Gasteiger partial charge in [-0.1, -0.05) is 30.3 Å². The van der Waals surface area contributed by atoms with E-state index in [0.29, 0.717) is 19.4 Å². The number of nitrogens with zero attached hydrogens (tertiary/aromatic N) is 1. The zero-order valence-electron chi connectivity index (χ0n) is 17.2. The van der Waals surface area contributed by atoms with E-state index in [9.17, 15) is 14.3 Å². The van der Waals surface area contributed by atoms with E-state index < -0.39 is 23.7 Å². The van der Waals surface area contributed by atoms with Gasteiger partial charge in [0.05, 0.1) is 6.10 Å². The third kappa shape index (κ3) is 8.71. The number of hydrogen-bond acceptors (Lipinski definition) is 4. The molecule has 1 aromatic carbocycles. The Morgan fingerprint density at radius 2 is 1.83 bits per heavy atom. The van der Waals surface area contributed by atoms with Crippen molar-refractivity contribution in [3.63, 3.8) is 0 Å². The van der Waals surface area contributed by atoms with Crippen LogP contribution in [0.5, 0.6) is 0 Å². The molecule has 2 rings (SSSR count). The van der Waals surface area contributed by atoms with Crippen LogP contribution in [0, 0.1) is 5.92 Å². The lowest BCUT2D eigenvalue weighted by Crippen LogP contribution is -2.41. The third-order valence-corrected chi connectivity index (χ3v) is 5.01. The zero-order chi connectivity index (χ0) is 21.3. The van der Waals surface area contributed by atoms with Crippen LogP contribution in [0.1, 0.15) is 44.2 Å². The molecule has 3 atom stereocenters. The molecule has 6 heteroatoms. The molecule has 1 amide bonds. The van der Waals surface area contributed by atoms with Crippen LogP contribution in [0.15, 0.2) is 54.9 Å². The van der Waals surface area contributed by atoms with Crippen molar-refractivity contribution < 1.29 is 14.3 Å². The molecule has 158 valence electrons. The number of hydrogen-bond donors (Lipinski definition) is 3. The molecule has 29 heavy (non-hydrogen) atoms. The fourth-order valence-corrected chi connectivity index (χ4v) is 3.20. The maximum atomic E-state index is 14.0. The van der Waals surface area contributed by atoms with Crippen molar-refractivity contribution in [2.75, 3.05) is 0 Å². The molecule has 2 aromatic rings. The average molecular weight is 402 g/mol. The van der Waals surface area contributed by atoms with Crippen LogP contribution in [0.3, 0.4) is 0 Å². The van der Waals surface area contributed by atoms with Gasteiger partial charge in [0.25, 0.3) is 0 Å². The van der Waals surface area contributed by atoms with E-state index in [1.807, 2.05) is 42.5 Å². The van der Waals surface area contributed by atoms with Gasteiger partial charge in [-0.15, -0.1) is 0 Å². The minimum atomic E-state index is -1.37. The number of aliphatic hydroxyl groups is 1. The molecule has 0 bridgehead atoms. The molecule has 0 aliphatic heterocycles. The lowest BCUT2D eigenvalue weighted by Gasteiger charge is -2.25. The molecule has 4 N–H and O–H groups in total. The number of aromatic nitrogens is 1. The molecule has 1 heterocycles. The first-order valence-corrected chi connectivity index (χ1v) is 10.1. The highest BCUT2D eigenvalue weighted by Crippen LogP contribution is 2.24. The van der Waals surface area contributed by atoms with E-state index >= 15 is 0 Å². The van der Waals surface area contributed by atoms with Gasteiger partial charge in [0.2, 0.25) is 5.91 Å². The maximum absolute atomic E-state index is 14.0. The van der Waals surface area contributed by atoms with Gasteiger partial charge >= 0.3 is 0 Å². The summed E-state index contributed by atoms with van der Waals surface area (Å²) in [6.07, 6.45) is 3.78. The predicted octanol–water partition coefficient (Wildman–Crippen LogP) is 3.16. The Morgan fingerprint density at radius 3 is 2.45 bits per heavy atom. The lowest BCUT2D eigenvalue weighted by atomic mass is 9.88. The van der Waals surface area contributed by atoms with Gasteiger partial charge in [-0.3, -0.25) is 9.78 Å². The molecule has 0 saturated heterocycles. The summed E-state index contributed by atoms with van der Waals surface area (Å²) in [6.45, 7) is 3.36. The van der Waals surface area contributed by atoms with Crippen LogP contribution in [0.25, 0.3) is 0 Å². The summed E-state index contributed by atoms with van der Waals surface area (Å²) in [7, 11) is 0. The van der Waals surface area contributed by atoms with Gasteiger partial charge in [0, 0.05) is 30.9 Å². The van der Waals surface area contributed by atoms with Crippen LogP contribution in [0.4, 0.5) is 4.39 Å². The zero-order valence-corrected chi connectivity index (χ0v) is 17.2. The molecule has 0 aliphatic carbocycles. The fraction of sp³-hybridized carbons (Fsp3) is 0.478. The first kappa shape index (κ1) is 23.0. The Labute approximate surface area is 172 Å². The Bertz CT molecular complexity index is 735. The molecule has 0 unspecified atom stereocenters. The first-order valence-electron chi connectivity index (χ1n) is 10.1. The van der Waals surface area contributed by atoms with Crippen molar-refractivity contribution in [3.05, 3.63) is 66.0 Å². The van der Waals surface area contributed by atoms with Crippen molar-refractivity contribution in [3.8, 4) is 0 Å². The third-order valence-electron chi connectivity index (χ3n) is 5.01. The number of carbonyl (C=O) groups excluding carboxylic acids is 1. The van der Waals surface area contributed by atoms with Crippen molar-refractivity contribution in [1.82, 2.24) is 10.3 Å². The number of halogens is 1. The Hall–Kier alpha value is -2.31. The summed E-state index contributed by atoms with van der Waals surface area (Å²) in [5.41, 5.74) is 6.77. The topological polar surface area (TPSA) is 88.2 Å². The van der Waals surface area contributed by atoms with Crippen molar-refractivity contribution in [2.24, 2.45) is 11.7 Å². The molecule has 5 nitrogen and oxygen atoms in total. The SMILES string of the molecule is CC(C)(F)CC[C@H](C[C@H](O)[C@@H](N)Cc1ccccc1)C(=O)NCc1ccncc1. The maximum Gasteiger partial charge on any atom is 0.223 e. The lowest BCUT2D eigenvalue weighted by molar-refractivity contribution is -0.126. The second kappa shape index (κ2) is 11.0. The monoisotopic (exact) mass is 401 g/mol. The number of amides is 1. The fourth-order valence-electron chi connectivity index (χ4n) is 3.20. The second-order valence-electron chi connectivity index (χ2n) is 8.18. The van der Waals surface area contributed by atoms with Crippen LogP contribution >= 0.6 is 0 Å². The number of benzene rings is 1. The standard InChI is InChI=1S/C23H32FN3O2/c1-23(2,24)11-8-19(22(29)27-16-18-9-12-26-13-10-18)15-21(28)20(25)14-17-6-4-3-5-7-17/h3-7,9-10,12-13,19-21,28H,8,11,14-16,25H2,1-2H3,(H,27,29)/t19-,20+,21+/m1/s1. The van der Waals surface area contributed by atoms with E-state index in [-0.39, 0.29) is 18.7 Å². The van der Waals surface area contributed by atoms with Crippen molar-refractivity contribution >= 4 is 5.91 Å². The molecule has 0 saturated carbocycles. The molecule has 1 aromatic heterocycles. The first-order chi connectivity index (χ1) is 13.7. The van der Waals surface area contributed by atoms with Crippen LogP contribution in [-0.2, 0) is 17.8 Å². The summed E-state index contributed by atoms with van der Waals surface area (Å²) in [4.78, 5) is 16.7. The van der Waals surface area contributed by atoms with Crippen LogP contribution in [-0.4, -0.2) is 33.8 Å². The van der Waals surface area contributed by atoms with E-state index in [1.165, 1.54) is 13.8 Å². The summed E-state index contributed by atoms with van der Waals surface area (Å²) in [5.74, 6) is -0.708. The van der Waals surface area contributed by atoms with Gasteiger partial charge in [-0.25, -0.2) is 4.39 Å². The summed E-state index contributed by atoms with van der Waals surface area (Å²) < 4.78 is 14.0. The number of pyridine rings is 1. The number of carbonyl (C=O) groups is 1. The minimum absolute atomic E-state index is 0.197. The van der Waals surface area contributed by atoms with Gasteiger partial charge in [0.15, 0.2) is 0 Å². The molecule has 0 radical (unpaired) electrons. The minimum Gasteiger partial charge on any atom is -0.391 e. The quantitative estimate of drug-likeness (QED) is 0.540. The van der Waals surface area contributed by atoms with Crippen LogP contribution < -0.4 is 11.1 Å². The van der Waals surface area contributed by atoms with Crippen molar-refractivity contribution in [2.45, 2.75) is 63.9 Å². The van der Waals surface area contributed by atoms with E-state index in [1.54, 1.807) is 12.4 Å². The Morgan fingerprint density at radius 1 is 1.17 bits per heavy atom. The number of alkyl halides is 1. The smallest absolute Gasteiger partial charge is 0.223 e. The summed E-state index contributed by atoms with van der Waals surface area (Å²) >= 11 is 0. The Kier molecular flexibility index (Phi) is 8.73. The van der Waals surface area contributed by atoms with E-state index in [0.717, 1.165) is 11.1 Å². The van der Waals surface area contributed by atoms with E-state index in [2.05, 4.69) is 10.3 Å². The molecule has 0 spiro atoms. The van der Waals surface area contributed by atoms with Crippen molar-refractivity contribution in [1.29, 1.82) is 0 Å². The molecule has 0 fully saturated rings. The molecular weight excluding hydrogens is 369 g/mol. The Balaban J connectivity index is 1.96. The highest BCUT2D eigenvalue weighted by atomic mass is 19.1. The molecular formula is C23H32FN3O2. The van der Waals surface area contributed by atoms with Gasteiger partial charge < -0.3 is 16.2 Å². The number of nitrogens with two attached hydrogens (primary N) is 1. The molecule has 0 aliphatic rings. The normalized spacial score (nSPS) is 14.8. The van der Waals surface area contributed by atoms with Crippen LogP contribution in [0.2, 0.25) is 0 Å². The number of rotatable bonds is 11. The largest absolute Gasteiger partial charge is 0.391 e. The number of nitrogens with one attached hydrogen (secondary N) is 1. The second-order valence-corrected chi connectivity index (χ2v) is 8.18. The van der Waals surface area contributed by atoms with Gasteiger partial charge in [-0.2, -0.15) is 0 Å². The van der Waals surface area contributed by atoms with Gasteiger partial charge in [0.1, 0.15) is 5.67 Å². The van der Waals surface area contributed by atoms with E-state index in [4.69, 9.17) is 5.73 Å². The number of aliphatic hydroxyl groups excluding tert-OH is 1.